The largest absolute Gasteiger partial charge is 0.356 e. The molecule has 3 rings (SSSR count). The molecule has 0 amide bonds. The first-order chi connectivity index (χ1) is 10.9. The number of nitrogens with one attached hydrogen (secondary N) is 1. The maximum atomic E-state index is 12.9. The van der Waals surface area contributed by atoms with Crippen molar-refractivity contribution in [3.63, 3.8) is 0 Å². The molecule has 0 unspecified atom stereocenters. The molecule has 0 saturated heterocycles. The highest BCUT2D eigenvalue weighted by molar-refractivity contribution is 7.93. The number of sulfonamides is 1. The predicted octanol–water partition coefficient (Wildman–Crippen LogP) is 4.47. The average Bonchev–Trinajstić information content (AvgIpc) is 3.05. The van der Waals surface area contributed by atoms with Crippen molar-refractivity contribution in [2.75, 3.05) is 4.72 Å². The van der Waals surface area contributed by atoms with Crippen molar-refractivity contribution in [1.29, 1.82) is 0 Å². The minimum absolute atomic E-state index is 0.205. The van der Waals surface area contributed by atoms with Crippen molar-refractivity contribution in [2.24, 2.45) is 0 Å². The predicted molar refractivity (Wildman–Crippen MR) is 91.6 cm³/mol. The van der Waals surface area contributed by atoms with Gasteiger partial charge in [-0.05, 0) is 32.0 Å². The number of thiophene rings is 1. The van der Waals surface area contributed by atoms with Gasteiger partial charge in [0.1, 0.15) is 4.90 Å². The van der Waals surface area contributed by atoms with Crippen molar-refractivity contribution in [2.45, 2.75) is 18.7 Å². The second kappa shape index (κ2) is 5.99. The Labute approximate surface area is 142 Å². The molecule has 0 radical (unpaired) electrons. The topological polar surface area (TPSA) is 72.2 Å². The van der Waals surface area contributed by atoms with Crippen molar-refractivity contribution < 1.29 is 12.9 Å². The fraction of sp³-hybridized carbons (Fsp3) is 0.133. The van der Waals surface area contributed by atoms with Gasteiger partial charge in [-0.2, -0.15) is 0 Å². The zero-order valence-electron chi connectivity index (χ0n) is 12.3. The molecule has 0 atom stereocenters. The van der Waals surface area contributed by atoms with Gasteiger partial charge in [0.05, 0.1) is 17.4 Å². The molecule has 0 bridgehead atoms. The lowest BCUT2D eigenvalue weighted by Gasteiger charge is -2.10. The molecule has 0 fully saturated rings. The highest BCUT2D eigenvalue weighted by Crippen LogP contribution is 2.39. The SMILES string of the molecule is Cc1sc(C)c(S(=O)(=O)Nc2cccc(Cl)c2)c1-c1ccno1. The summed E-state index contributed by atoms with van der Waals surface area (Å²) in [5, 5.41) is 4.12. The number of halogens is 1. The van der Waals surface area contributed by atoms with E-state index in [1.807, 2.05) is 6.92 Å². The molecule has 0 spiro atoms. The molecule has 0 aliphatic carbocycles. The molecule has 2 heterocycles. The molecule has 23 heavy (non-hydrogen) atoms. The number of nitrogens with zero attached hydrogens (tertiary/aromatic N) is 1. The number of aryl methyl sites for hydroxylation is 2. The number of benzene rings is 1. The third-order valence-electron chi connectivity index (χ3n) is 3.23. The summed E-state index contributed by atoms with van der Waals surface area (Å²) in [5.74, 6) is 0.429. The highest BCUT2D eigenvalue weighted by atomic mass is 35.5. The van der Waals surface area contributed by atoms with Crippen LogP contribution in [0.25, 0.3) is 11.3 Å². The molecule has 2 aromatic heterocycles. The average molecular weight is 369 g/mol. The summed E-state index contributed by atoms with van der Waals surface area (Å²) in [6.07, 6.45) is 1.49. The van der Waals surface area contributed by atoms with E-state index in [9.17, 15) is 8.42 Å². The standard InChI is InChI=1S/C15H13ClN2O3S2/c1-9-14(13-6-7-17-21-13)15(10(2)22-9)23(19,20)18-12-5-3-4-11(16)8-12/h3-8,18H,1-2H3. The van der Waals surface area contributed by atoms with Crippen LogP contribution in [0.2, 0.25) is 5.02 Å². The lowest BCUT2D eigenvalue weighted by atomic mass is 10.2. The Kier molecular flexibility index (Phi) is 4.18. The number of hydrogen-bond donors (Lipinski definition) is 1. The van der Waals surface area contributed by atoms with E-state index in [0.29, 0.717) is 26.9 Å². The van der Waals surface area contributed by atoms with E-state index in [4.69, 9.17) is 16.1 Å². The van der Waals surface area contributed by atoms with Crippen LogP contribution in [0.5, 0.6) is 0 Å². The molecule has 3 aromatic rings. The zero-order valence-corrected chi connectivity index (χ0v) is 14.7. The molecule has 5 nitrogen and oxygen atoms in total. The van der Waals surface area contributed by atoms with E-state index in [2.05, 4.69) is 9.88 Å². The van der Waals surface area contributed by atoms with Gasteiger partial charge in [-0.25, -0.2) is 8.42 Å². The van der Waals surface area contributed by atoms with Gasteiger partial charge in [-0.1, -0.05) is 22.8 Å². The zero-order chi connectivity index (χ0) is 16.6. The number of hydrogen-bond acceptors (Lipinski definition) is 5. The Morgan fingerprint density at radius 3 is 2.65 bits per heavy atom. The third kappa shape index (κ3) is 3.12. The molecule has 120 valence electrons. The normalized spacial score (nSPS) is 11.6. The monoisotopic (exact) mass is 368 g/mol. The first-order valence-electron chi connectivity index (χ1n) is 6.68. The van der Waals surface area contributed by atoms with Gasteiger partial charge in [0.2, 0.25) is 0 Å². The fourth-order valence-corrected chi connectivity index (χ4v) is 5.48. The van der Waals surface area contributed by atoms with Crippen LogP contribution in [0, 0.1) is 13.8 Å². The summed E-state index contributed by atoms with van der Waals surface area (Å²) < 4.78 is 33.4. The van der Waals surface area contributed by atoms with Gasteiger partial charge in [0.25, 0.3) is 10.0 Å². The molecule has 0 saturated carbocycles. The van der Waals surface area contributed by atoms with E-state index in [-0.39, 0.29) is 4.90 Å². The molecule has 1 aromatic carbocycles. The van der Waals surface area contributed by atoms with Crippen LogP contribution in [0.3, 0.4) is 0 Å². The van der Waals surface area contributed by atoms with Crippen molar-refractivity contribution in [3.05, 3.63) is 51.3 Å². The van der Waals surface area contributed by atoms with Crippen LogP contribution in [0.4, 0.5) is 5.69 Å². The van der Waals surface area contributed by atoms with Crippen LogP contribution >= 0.6 is 22.9 Å². The summed E-state index contributed by atoms with van der Waals surface area (Å²) in [4.78, 5) is 1.74. The highest BCUT2D eigenvalue weighted by Gasteiger charge is 2.28. The number of anilines is 1. The van der Waals surface area contributed by atoms with Gasteiger partial charge in [0.15, 0.2) is 5.76 Å². The van der Waals surface area contributed by atoms with E-state index < -0.39 is 10.0 Å². The lowest BCUT2D eigenvalue weighted by Crippen LogP contribution is -2.14. The van der Waals surface area contributed by atoms with Crippen LogP contribution < -0.4 is 4.72 Å². The van der Waals surface area contributed by atoms with Crippen molar-refractivity contribution in [1.82, 2.24) is 5.16 Å². The smallest absolute Gasteiger partial charge is 0.263 e. The summed E-state index contributed by atoms with van der Waals surface area (Å²) in [6, 6.07) is 8.21. The Bertz CT molecular complexity index is 947. The fourth-order valence-electron chi connectivity index (χ4n) is 2.37. The third-order valence-corrected chi connectivity index (χ3v) is 6.17. The maximum absolute atomic E-state index is 12.9. The Morgan fingerprint density at radius 1 is 1.22 bits per heavy atom. The quantitative estimate of drug-likeness (QED) is 0.737. The molecule has 8 heteroatoms. The number of aromatic nitrogens is 1. The van der Waals surface area contributed by atoms with E-state index in [1.165, 1.54) is 17.5 Å². The van der Waals surface area contributed by atoms with E-state index >= 15 is 0 Å². The van der Waals surface area contributed by atoms with Crippen LogP contribution in [-0.4, -0.2) is 13.6 Å². The summed E-state index contributed by atoms with van der Waals surface area (Å²) in [5.41, 5.74) is 0.948. The molecule has 0 aliphatic heterocycles. The van der Waals surface area contributed by atoms with Gasteiger partial charge < -0.3 is 4.52 Å². The minimum atomic E-state index is -3.78. The molecular weight excluding hydrogens is 356 g/mol. The van der Waals surface area contributed by atoms with Gasteiger partial charge in [0, 0.05) is 20.8 Å². The van der Waals surface area contributed by atoms with Crippen LogP contribution in [0.1, 0.15) is 9.75 Å². The number of rotatable bonds is 4. The molecule has 0 aliphatic rings. The molecule has 1 N–H and O–H groups in total. The van der Waals surface area contributed by atoms with E-state index in [0.717, 1.165) is 4.88 Å². The van der Waals surface area contributed by atoms with Gasteiger partial charge in [-0.15, -0.1) is 11.3 Å². The lowest BCUT2D eigenvalue weighted by molar-refractivity contribution is 0.431. The van der Waals surface area contributed by atoms with Crippen LogP contribution in [0.15, 0.2) is 45.9 Å². The Hall–Kier alpha value is -1.83. The van der Waals surface area contributed by atoms with Crippen LogP contribution in [-0.2, 0) is 10.0 Å². The second-order valence-electron chi connectivity index (χ2n) is 4.91. The van der Waals surface area contributed by atoms with Gasteiger partial charge in [-0.3, -0.25) is 4.72 Å². The van der Waals surface area contributed by atoms with Crippen molar-refractivity contribution >= 4 is 38.6 Å². The Morgan fingerprint density at radius 2 is 2.00 bits per heavy atom. The molecular formula is C15H13ClN2O3S2. The second-order valence-corrected chi connectivity index (χ2v) is 8.40. The maximum Gasteiger partial charge on any atom is 0.263 e. The summed E-state index contributed by atoms with van der Waals surface area (Å²) >= 11 is 7.31. The first-order valence-corrected chi connectivity index (χ1v) is 9.35. The summed E-state index contributed by atoms with van der Waals surface area (Å²) in [6.45, 7) is 3.62. The first kappa shape index (κ1) is 16.0. The van der Waals surface area contributed by atoms with E-state index in [1.54, 1.807) is 37.3 Å². The Balaban J connectivity index is 2.11. The minimum Gasteiger partial charge on any atom is -0.356 e. The van der Waals surface area contributed by atoms with Gasteiger partial charge >= 0.3 is 0 Å². The van der Waals surface area contributed by atoms with Crippen molar-refractivity contribution in [3.8, 4) is 11.3 Å². The summed E-state index contributed by atoms with van der Waals surface area (Å²) in [7, 11) is -3.78.